The highest BCUT2D eigenvalue weighted by Gasteiger charge is 2.38. The molecule has 0 aliphatic carbocycles. The summed E-state index contributed by atoms with van der Waals surface area (Å²) in [6.45, 7) is 1.28. The number of rotatable bonds is 12. The molecule has 3 fully saturated rings. The fraction of sp³-hybridized carbons (Fsp3) is 0.341. The highest BCUT2D eigenvalue weighted by molar-refractivity contribution is 7.92. The van der Waals surface area contributed by atoms with Gasteiger partial charge >= 0.3 is 15.9 Å². The fourth-order valence-electron chi connectivity index (χ4n) is 8.02. The van der Waals surface area contributed by atoms with Gasteiger partial charge < -0.3 is 14.8 Å². The van der Waals surface area contributed by atoms with Gasteiger partial charge in [0.1, 0.15) is 43.0 Å². The summed E-state index contributed by atoms with van der Waals surface area (Å²) in [7, 11) is -2.68. The quantitative estimate of drug-likeness (QED) is 0.125. The van der Waals surface area contributed by atoms with Crippen LogP contribution in [0.5, 0.6) is 11.5 Å². The molecule has 0 spiro atoms. The van der Waals surface area contributed by atoms with Gasteiger partial charge in [0.05, 0.1) is 24.1 Å². The van der Waals surface area contributed by atoms with Crippen LogP contribution in [0.25, 0.3) is 21.8 Å². The van der Waals surface area contributed by atoms with E-state index in [1.165, 1.54) is 21.3 Å². The number of carbonyl (C=O) groups is 4. The number of aromatic nitrogens is 2. The second-order valence-electron chi connectivity index (χ2n) is 14.9. The molecular weight excluding hydrogens is 786 g/mol. The molecule has 3 saturated heterocycles. The molecule has 0 radical (unpaired) electrons. The predicted molar refractivity (Wildman–Crippen MR) is 215 cm³/mol. The number of imide groups is 1. The number of likely N-dealkylation sites (tertiary alicyclic amines) is 1. The number of nitrogens with zero attached hydrogens (tertiary/aromatic N) is 4. The van der Waals surface area contributed by atoms with Crippen LogP contribution >= 0.6 is 0 Å². The van der Waals surface area contributed by atoms with E-state index in [1.807, 2.05) is 53.3 Å². The number of benzene rings is 4. The number of ether oxygens (including phenoxy) is 2. The van der Waals surface area contributed by atoms with Crippen LogP contribution in [-0.4, -0.2) is 85.4 Å². The smallest absolute Gasteiger partial charge is 0.329 e. The molecule has 3 N–H and O–H groups in total. The average Bonchev–Trinajstić information content (AvgIpc) is 3.64. The number of fused-ring (bicyclic) bond motifs is 2. The zero-order valence-electron chi connectivity index (χ0n) is 32.1. The minimum atomic E-state index is -4.35. The van der Waals surface area contributed by atoms with Gasteiger partial charge in [0.2, 0.25) is 17.7 Å². The molecule has 4 aromatic carbocycles. The number of aryl methyl sites for hydroxylation is 1. The van der Waals surface area contributed by atoms with Crippen molar-refractivity contribution in [2.45, 2.75) is 44.2 Å². The number of anilines is 1. The summed E-state index contributed by atoms with van der Waals surface area (Å²) in [4.78, 5) is 64.4. The van der Waals surface area contributed by atoms with Crippen LogP contribution in [0.1, 0.15) is 48.8 Å². The first-order valence-electron chi connectivity index (χ1n) is 19.3. The first-order chi connectivity index (χ1) is 28.4. The number of carbonyl (C=O) groups excluding carboxylic acids is 4. The zero-order chi connectivity index (χ0) is 41.4. The molecule has 1 aromatic heterocycles. The second kappa shape index (κ2) is 16.2. The van der Waals surface area contributed by atoms with Gasteiger partial charge in [-0.25, -0.2) is 18.2 Å². The molecule has 0 saturated carbocycles. The van der Waals surface area contributed by atoms with Gasteiger partial charge in [0, 0.05) is 18.9 Å². The van der Waals surface area contributed by atoms with Crippen molar-refractivity contribution in [3.8, 4) is 11.5 Å². The number of halogens is 1. The first kappa shape index (κ1) is 39.6. The van der Waals surface area contributed by atoms with Crippen molar-refractivity contribution in [2.75, 3.05) is 43.6 Å². The van der Waals surface area contributed by atoms with Gasteiger partial charge in [-0.15, -0.1) is 0 Å². The lowest BCUT2D eigenvalue weighted by atomic mass is 9.89. The lowest BCUT2D eigenvalue weighted by Gasteiger charge is -2.31. The predicted octanol–water partition coefficient (Wildman–Crippen LogP) is 2.74. The highest BCUT2D eigenvalue weighted by atomic mass is 32.2. The minimum Gasteiger partial charge on any atom is -0.492 e. The van der Waals surface area contributed by atoms with Gasteiger partial charge in [-0.05, 0) is 85.1 Å². The topological polar surface area (TPSA) is 190 Å². The Hall–Kier alpha value is -6.27. The van der Waals surface area contributed by atoms with Crippen molar-refractivity contribution in [2.24, 2.45) is 7.05 Å². The molecule has 5 aromatic rings. The minimum absolute atomic E-state index is 0.0343. The summed E-state index contributed by atoms with van der Waals surface area (Å²) in [5, 5.41) is 5.67. The molecule has 8 rings (SSSR count). The number of hydrogen-bond acceptors (Lipinski definition) is 10. The van der Waals surface area contributed by atoms with Crippen LogP contribution in [-0.2, 0) is 43.0 Å². The molecule has 4 amide bonds. The Morgan fingerprint density at radius 2 is 1.69 bits per heavy atom. The Bertz CT molecular complexity index is 2660. The van der Waals surface area contributed by atoms with Crippen LogP contribution in [0.4, 0.5) is 10.1 Å². The Morgan fingerprint density at radius 3 is 2.42 bits per heavy atom. The summed E-state index contributed by atoms with van der Waals surface area (Å²) in [6, 6.07) is 20.4. The van der Waals surface area contributed by atoms with E-state index in [2.05, 4.69) is 15.5 Å². The standard InChI is InChI=1S/C41H42FN7O9S/c1-46-33-19-27(8-10-31(33)49(41(46)54)32-11-12-35(50)44-40(32)53)26-13-16-47(17-14-26)22-36(51)43-15-18-57-29-9-7-28-20-34(58-24-25-5-3-2-4-6-25)39(38(42)30(28)21-29)48-23-37(52)45-59(48,55)56/h2-10,19-21,26,32H,11-18,22-24H2,1H3,(H,43,51)(H,45,52)(H,44,50,53). The summed E-state index contributed by atoms with van der Waals surface area (Å²) in [5.41, 5.74) is 2.50. The van der Waals surface area contributed by atoms with Crippen molar-refractivity contribution in [1.29, 1.82) is 0 Å². The normalized spacial score (nSPS) is 18.6. The summed E-state index contributed by atoms with van der Waals surface area (Å²) in [6.07, 6.45) is 2.05. The summed E-state index contributed by atoms with van der Waals surface area (Å²) in [5.74, 6) is -2.22. The van der Waals surface area contributed by atoms with Crippen LogP contribution in [0.2, 0.25) is 0 Å². The van der Waals surface area contributed by atoms with Crippen molar-refractivity contribution in [1.82, 2.24) is 29.4 Å². The van der Waals surface area contributed by atoms with E-state index in [4.69, 9.17) is 9.47 Å². The molecule has 18 heteroatoms. The lowest BCUT2D eigenvalue weighted by molar-refractivity contribution is -0.135. The number of hydrogen-bond donors (Lipinski definition) is 3. The van der Waals surface area contributed by atoms with Gasteiger partial charge in [-0.1, -0.05) is 42.5 Å². The van der Waals surface area contributed by atoms with Gasteiger partial charge in [-0.3, -0.25) is 38.5 Å². The largest absolute Gasteiger partial charge is 0.492 e. The van der Waals surface area contributed by atoms with Crippen molar-refractivity contribution >= 4 is 61.3 Å². The first-order valence-corrected chi connectivity index (χ1v) is 20.7. The van der Waals surface area contributed by atoms with Crippen molar-refractivity contribution in [3.05, 3.63) is 100 Å². The number of imidazole rings is 1. The average molecular weight is 828 g/mol. The molecular formula is C41H42FN7O9S. The third-order valence-corrected chi connectivity index (χ3v) is 12.4. The molecule has 1 atom stereocenters. The third kappa shape index (κ3) is 8.09. The van der Waals surface area contributed by atoms with E-state index in [9.17, 15) is 32.4 Å². The summed E-state index contributed by atoms with van der Waals surface area (Å²) < 4.78 is 59.2. The molecule has 0 bridgehead atoms. The third-order valence-electron chi connectivity index (χ3n) is 11.1. The maximum absolute atomic E-state index is 16.3. The zero-order valence-corrected chi connectivity index (χ0v) is 32.9. The number of piperidine rings is 2. The Kier molecular flexibility index (Phi) is 10.8. The maximum atomic E-state index is 16.3. The van der Waals surface area contributed by atoms with E-state index in [-0.39, 0.29) is 73.7 Å². The van der Waals surface area contributed by atoms with Crippen molar-refractivity contribution in [3.63, 3.8) is 0 Å². The van der Waals surface area contributed by atoms with Crippen LogP contribution < -0.4 is 34.8 Å². The van der Waals surface area contributed by atoms with E-state index < -0.39 is 46.1 Å². The van der Waals surface area contributed by atoms with Gasteiger partial charge in [0.15, 0.2) is 5.82 Å². The van der Waals surface area contributed by atoms with Crippen molar-refractivity contribution < 1.29 is 41.5 Å². The Labute approximate surface area is 338 Å². The Morgan fingerprint density at radius 1 is 0.915 bits per heavy atom. The highest BCUT2D eigenvalue weighted by Crippen LogP contribution is 2.41. The SMILES string of the molecule is Cn1c(=O)n(C2CCC(=O)NC2=O)c2ccc(C3CCN(CC(=O)NCCOc4ccc5cc(OCc6ccccc6)c(N6CC(=O)NS6(=O)=O)c(F)c5c4)CC3)cc21. The maximum Gasteiger partial charge on any atom is 0.329 e. The molecule has 3 aliphatic heterocycles. The molecule has 16 nitrogen and oxygen atoms in total. The van der Waals surface area contributed by atoms with Gasteiger partial charge in [-0.2, -0.15) is 8.42 Å². The monoisotopic (exact) mass is 827 g/mol. The number of amides is 4. The molecule has 4 heterocycles. The second-order valence-corrected chi connectivity index (χ2v) is 16.5. The lowest BCUT2D eigenvalue weighted by Crippen LogP contribution is -2.44. The van der Waals surface area contributed by atoms with E-state index in [0.717, 1.165) is 24.0 Å². The fourth-order valence-corrected chi connectivity index (χ4v) is 9.18. The summed E-state index contributed by atoms with van der Waals surface area (Å²) >= 11 is 0. The van der Waals surface area contributed by atoms with Crippen LogP contribution in [0, 0.1) is 5.82 Å². The van der Waals surface area contributed by atoms with Crippen LogP contribution in [0.15, 0.2) is 77.6 Å². The van der Waals surface area contributed by atoms with E-state index in [1.54, 1.807) is 19.2 Å². The number of nitrogens with one attached hydrogen (secondary N) is 3. The van der Waals surface area contributed by atoms with E-state index >= 15 is 4.39 Å². The van der Waals surface area contributed by atoms with Crippen LogP contribution in [0.3, 0.4) is 0 Å². The Balaban J connectivity index is 0.855. The molecule has 59 heavy (non-hydrogen) atoms. The van der Waals surface area contributed by atoms with Gasteiger partial charge in [0.25, 0.3) is 5.91 Å². The molecule has 308 valence electrons. The van der Waals surface area contributed by atoms with E-state index in [0.29, 0.717) is 39.6 Å². The molecule has 1 unspecified atom stereocenters. The molecule has 3 aliphatic rings.